The molecule has 0 fully saturated rings. The Kier molecular flexibility index (Phi) is 8.92. The van der Waals surface area contributed by atoms with Crippen LogP contribution < -0.4 is 0 Å². The minimum atomic E-state index is -0.305. The van der Waals surface area contributed by atoms with E-state index < -0.39 is 0 Å². The van der Waals surface area contributed by atoms with Gasteiger partial charge in [-0.3, -0.25) is 4.99 Å². The lowest BCUT2D eigenvalue weighted by Crippen LogP contribution is -2.32. The molecule has 1 rings (SSSR count). The van der Waals surface area contributed by atoms with Crippen LogP contribution in [-0.4, -0.2) is 35.7 Å². The summed E-state index contributed by atoms with van der Waals surface area (Å²) in [6.07, 6.45) is 14.4. The van der Waals surface area contributed by atoms with Crippen molar-refractivity contribution in [3.05, 3.63) is 0 Å². The van der Waals surface area contributed by atoms with Crippen molar-refractivity contribution in [2.75, 3.05) is 13.1 Å². The summed E-state index contributed by atoms with van der Waals surface area (Å²) in [5, 5.41) is 9.88. The molecule has 1 unspecified atom stereocenters. The smallest absolute Gasteiger partial charge is 0.127 e. The fourth-order valence-electron chi connectivity index (χ4n) is 2.42. The summed E-state index contributed by atoms with van der Waals surface area (Å²) in [5.74, 6) is 0. The van der Waals surface area contributed by atoms with E-state index >= 15 is 0 Å². The Bertz CT molecular complexity index is 219. The molecular formula is C15H30N2O. The quantitative estimate of drug-likeness (QED) is 0.572. The highest BCUT2D eigenvalue weighted by Crippen LogP contribution is 2.12. The Morgan fingerprint density at radius 1 is 1.06 bits per heavy atom. The van der Waals surface area contributed by atoms with Crippen LogP contribution in [0.15, 0.2) is 4.99 Å². The van der Waals surface area contributed by atoms with E-state index in [0.29, 0.717) is 0 Å². The van der Waals surface area contributed by atoms with Gasteiger partial charge in [0.25, 0.3) is 0 Å². The number of nitrogens with zero attached hydrogens (tertiary/aromatic N) is 2. The van der Waals surface area contributed by atoms with Crippen LogP contribution in [0, 0.1) is 0 Å². The van der Waals surface area contributed by atoms with Gasteiger partial charge in [-0.25, -0.2) is 0 Å². The Morgan fingerprint density at radius 3 is 2.22 bits per heavy atom. The molecule has 0 aromatic carbocycles. The molecule has 0 spiro atoms. The summed E-state index contributed by atoms with van der Waals surface area (Å²) in [5.41, 5.74) is 0. The van der Waals surface area contributed by atoms with Crippen LogP contribution in [-0.2, 0) is 0 Å². The zero-order valence-corrected chi connectivity index (χ0v) is 12.0. The fraction of sp³-hybridized carbons (Fsp3) is 0.933. The summed E-state index contributed by atoms with van der Waals surface area (Å²) in [6.45, 7) is 3.99. The van der Waals surface area contributed by atoms with E-state index in [1.54, 1.807) is 6.34 Å². The van der Waals surface area contributed by atoms with Crippen molar-refractivity contribution >= 4 is 6.34 Å². The third kappa shape index (κ3) is 7.00. The lowest BCUT2D eigenvalue weighted by Gasteiger charge is -2.21. The third-order valence-corrected chi connectivity index (χ3v) is 3.67. The summed E-state index contributed by atoms with van der Waals surface area (Å²) in [7, 11) is 0. The molecule has 0 amide bonds. The summed E-state index contributed by atoms with van der Waals surface area (Å²) in [4.78, 5) is 6.07. The normalized spacial score (nSPS) is 16.4. The van der Waals surface area contributed by atoms with Gasteiger partial charge >= 0.3 is 0 Å². The topological polar surface area (TPSA) is 35.8 Å². The molecule has 1 aliphatic rings. The van der Waals surface area contributed by atoms with Gasteiger partial charge in [-0.1, -0.05) is 58.3 Å². The predicted octanol–water partition coefficient (Wildman–Crippen LogP) is 3.57. The van der Waals surface area contributed by atoms with Crippen molar-refractivity contribution < 1.29 is 5.11 Å². The van der Waals surface area contributed by atoms with Gasteiger partial charge in [0.1, 0.15) is 6.23 Å². The van der Waals surface area contributed by atoms with Gasteiger partial charge in [0.2, 0.25) is 0 Å². The number of rotatable bonds is 11. The molecular weight excluding hydrogens is 224 g/mol. The van der Waals surface area contributed by atoms with Crippen LogP contribution in [0.2, 0.25) is 0 Å². The van der Waals surface area contributed by atoms with E-state index in [4.69, 9.17) is 0 Å². The minimum absolute atomic E-state index is 0.305. The molecule has 1 N–H and O–H groups in total. The second kappa shape index (κ2) is 10.4. The van der Waals surface area contributed by atoms with E-state index in [1.807, 2.05) is 4.90 Å². The molecule has 0 saturated carbocycles. The molecule has 0 saturated heterocycles. The predicted molar refractivity (Wildman–Crippen MR) is 77.9 cm³/mol. The monoisotopic (exact) mass is 254 g/mol. The number of hydrogen-bond donors (Lipinski definition) is 1. The summed E-state index contributed by atoms with van der Waals surface area (Å²) >= 11 is 0. The average Bonchev–Trinajstić information content (AvgIpc) is 2.90. The van der Waals surface area contributed by atoms with Crippen LogP contribution in [0.25, 0.3) is 0 Å². The molecule has 1 heterocycles. The van der Waals surface area contributed by atoms with Crippen molar-refractivity contribution in [3.8, 4) is 0 Å². The van der Waals surface area contributed by atoms with Crippen molar-refractivity contribution in [2.45, 2.75) is 77.4 Å². The maximum absolute atomic E-state index is 9.88. The van der Waals surface area contributed by atoms with E-state index in [0.717, 1.165) is 25.9 Å². The molecule has 3 heteroatoms. The van der Waals surface area contributed by atoms with Gasteiger partial charge < -0.3 is 10.0 Å². The largest absolute Gasteiger partial charge is 0.374 e. The zero-order valence-electron chi connectivity index (χ0n) is 12.0. The van der Waals surface area contributed by atoms with Gasteiger partial charge in [-0.15, -0.1) is 0 Å². The van der Waals surface area contributed by atoms with Gasteiger partial charge in [0.15, 0.2) is 0 Å². The van der Waals surface area contributed by atoms with Gasteiger partial charge in [-0.05, 0) is 12.8 Å². The molecule has 106 valence electrons. The maximum atomic E-state index is 9.88. The first-order valence-electron chi connectivity index (χ1n) is 7.78. The van der Waals surface area contributed by atoms with Crippen LogP contribution in [0.4, 0.5) is 0 Å². The molecule has 1 atom stereocenters. The molecule has 18 heavy (non-hydrogen) atoms. The average molecular weight is 254 g/mol. The van der Waals surface area contributed by atoms with Crippen LogP contribution in [0.1, 0.15) is 71.1 Å². The van der Waals surface area contributed by atoms with E-state index in [2.05, 4.69) is 11.9 Å². The highest BCUT2D eigenvalue weighted by molar-refractivity contribution is 5.57. The molecule has 0 aliphatic carbocycles. The van der Waals surface area contributed by atoms with Gasteiger partial charge in [0.05, 0.1) is 12.9 Å². The number of aliphatic hydroxyl groups is 1. The first-order chi connectivity index (χ1) is 8.84. The summed E-state index contributed by atoms with van der Waals surface area (Å²) in [6, 6.07) is 0. The first kappa shape index (κ1) is 15.5. The Balaban J connectivity index is 1.82. The number of unbranched alkanes of at least 4 members (excludes halogenated alkanes) is 8. The Hall–Kier alpha value is -0.570. The van der Waals surface area contributed by atoms with Crippen LogP contribution in [0.5, 0.6) is 0 Å². The first-order valence-corrected chi connectivity index (χ1v) is 7.78. The van der Waals surface area contributed by atoms with Crippen molar-refractivity contribution in [3.63, 3.8) is 0 Å². The zero-order chi connectivity index (χ0) is 13.1. The number of aliphatic imine (C=N–C) groups is 1. The van der Waals surface area contributed by atoms with Gasteiger partial charge in [-0.2, -0.15) is 0 Å². The highest BCUT2D eigenvalue weighted by Gasteiger charge is 2.14. The molecule has 0 aromatic rings. The van der Waals surface area contributed by atoms with Crippen LogP contribution in [0.3, 0.4) is 0 Å². The van der Waals surface area contributed by atoms with Crippen molar-refractivity contribution in [1.29, 1.82) is 0 Å². The van der Waals surface area contributed by atoms with Crippen LogP contribution >= 0.6 is 0 Å². The Morgan fingerprint density at radius 2 is 1.67 bits per heavy atom. The lowest BCUT2D eigenvalue weighted by atomic mass is 10.1. The maximum Gasteiger partial charge on any atom is 0.127 e. The molecule has 0 radical (unpaired) electrons. The SMILES string of the molecule is CCCCCCCCCCCC(O)N1C=NCC1. The molecule has 0 bridgehead atoms. The van der Waals surface area contributed by atoms with Crippen molar-refractivity contribution in [2.24, 2.45) is 4.99 Å². The standard InChI is InChI=1S/C15H30N2O/c1-2-3-4-5-6-7-8-9-10-11-15(18)17-13-12-16-14-17/h14-15,18H,2-13H2,1H3. The minimum Gasteiger partial charge on any atom is -0.374 e. The van der Waals surface area contributed by atoms with Gasteiger partial charge in [0, 0.05) is 6.54 Å². The Labute approximate surface area is 112 Å². The lowest BCUT2D eigenvalue weighted by molar-refractivity contribution is 0.0533. The van der Waals surface area contributed by atoms with E-state index in [1.165, 1.54) is 51.4 Å². The van der Waals surface area contributed by atoms with E-state index in [9.17, 15) is 5.11 Å². The van der Waals surface area contributed by atoms with E-state index in [-0.39, 0.29) is 6.23 Å². The fourth-order valence-corrected chi connectivity index (χ4v) is 2.42. The second-order valence-corrected chi connectivity index (χ2v) is 5.36. The highest BCUT2D eigenvalue weighted by atomic mass is 16.3. The molecule has 0 aromatic heterocycles. The molecule has 1 aliphatic heterocycles. The number of aliphatic hydroxyl groups excluding tert-OH is 1. The third-order valence-electron chi connectivity index (χ3n) is 3.67. The molecule has 3 nitrogen and oxygen atoms in total. The number of hydrogen-bond acceptors (Lipinski definition) is 3. The second-order valence-electron chi connectivity index (χ2n) is 5.36. The summed E-state index contributed by atoms with van der Waals surface area (Å²) < 4.78 is 0. The van der Waals surface area contributed by atoms with Crippen molar-refractivity contribution in [1.82, 2.24) is 4.90 Å².